The van der Waals surface area contributed by atoms with Crippen molar-refractivity contribution in [2.75, 3.05) is 5.32 Å². The van der Waals surface area contributed by atoms with Crippen LogP contribution in [-0.2, 0) is 0 Å². The summed E-state index contributed by atoms with van der Waals surface area (Å²) in [5, 5.41) is 7.89. The smallest absolute Gasteiger partial charge is 0.259 e. The van der Waals surface area contributed by atoms with Crippen LogP contribution in [0.15, 0.2) is 54.7 Å². The second kappa shape index (κ2) is 7.05. The van der Waals surface area contributed by atoms with Gasteiger partial charge in [-0.2, -0.15) is 5.10 Å². The molecule has 7 heteroatoms. The molecule has 4 aromatic rings. The maximum atomic E-state index is 13.3. The van der Waals surface area contributed by atoms with Gasteiger partial charge in [0, 0.05) is 22.5 Å². The molecule has 2 heterocycles. The van der Waals surface area contributed by atoms with Crippen molar-refractivity contribution < 1.29 is 9.18 Å². The van der Waals surface area contributed by atoms with Crippen LogP contribution in [0.5, 0.6) is 0 Å². The molecule has 0 radical (unpaired) electrons. The highest BCUT2D eigenvalue weighted by molar-refractivity contribution is 6.31. The summed E-state index contributed by atoms with van der Waals surface area (Å²) in [6.45, 7) is 3.67. The molecule has 1 amide bonds. The zero-order valence-electron chi connectivity index (χ0n) is 15.2. The van der Waals surface area contributed by atoms with E-state index in [4.69, 9.17) is 11.6 Å². The van der Waals surface area contributed by atoms with E-state index in [2.05, 4.69) is 15.4 Å². The minimum absolute atomic E-state index is 0.300. The van der Waals surface area contributed by atoms with Crippen molar-refractivity contribution in [2.45, 2.75) is 13.8 Å². The predicted molar refractivity (Wildman–Crippen MR) is 107 cm³/mol. The maximum Gasteiger partial charge on any atom is 0.259 e. The maximum absolute atomic E-state index is 13.3. The number of halogens is 2. The Labute approximate surface area is 165 Å². The quantitative estimate of drug-likeness (QED) is 0.528. The fourth-order valence-electron chi connectivity index (χ4n) is 3.14. The standard InChI is InChI=1S/C21H16ClFN4O/c1-12-19(14-6-8-16(23)9-7-14)20-24-11-18(13(2)27(20)26-12)21(28)25-17-5-3-4-15(22)10-17/h3-11H,1-2H3,(H,25,28). The highest BCUT2D eigenvalue weighted by Gasteiger charge is 2.19. The number of aryl methyl sites for hydroxylation is 2. The first-order valence-electron chi connectivity index (χ1n) is 8.62. The first kappa shape index (κ1) is 18.1. The second-order valence-corrected chi connectivity index (χ2v) is 6.86. The summed E-state index contributed by atoms with van der Waals surface area (Å²) in [6, 6.07) is 13.1. The van der Waals surface area contributed by atoms with Crippen LogP contribution in [-0.4, -0.2) is 20.5 Å². The summed E-state index contributed by atoms with van der Waals surface area (Å²) < 4.78 is 14.9. The van der Waals surface area contributed by atoms with Gasteiger partial charge in [-0.05, 0) is 49.7 Å². The second-order valence-electron chi connectivity index (χ2n) is 6.42. The summed E-state index contributed by atoms with van der Waals surface area (Å²) in [5.74, 6) is -0.604. The van der Waals surface area contributed by atoms with Gasteiger partial charge in [0.1, 0.15) is 5.82 Å². The van der Waals surface area contributed by atoms with Crippen LogP contribution >= 0.6 is 11.6 Å². The van der Waals surface area contributed by atoms with Crippen molar-refractivity contribution in [2.24, 2.45) is 0 Å². The molecule has 1 N–H and O–H groups in total. The lowest BCUT2D eigenvalue weighted by atomic mass is 10.1. The summed E-state index contributed by atoms with van der Waals surface area (Å²) in [6.07, 6.45) is 1.53. The van der Waals surface area contributed by atoms with Crippen LogP contribution in [0.3, 0.4) is 0 Å². The van der Waals surface area contributed by atoms with Crippen LogP contribution in [0.2, 0.25) is 5.02 Å². The summed E-state index contributed by atoms with van der Waals surface area (Å²) in [7, 11) is 0. The molecule has 4 rings (SSSR count). The lowest BCUT2D eigenvalue weighted by Gasteiger charge is -2.09. The summed E-state index contributed by atoms with van der Waals surface area (Å²) >= 11 is 5.97. The Morgan fingerprint density at radius 2 is 1.89 bits per heavy atom. The summed E-state index contributed by atoms with van der Waals surface area (Å²) in [5.41, 5.74) is 4.64. The lowest BCUT2D eigenvalue weighted by molar-refractivity contribution is 0.102. The third kappa shape index (κ3) is 3.23. The molecular formula is C21H16ClFN4O. The number of carbonyl (C=O) groups excluding carboxylic acids is 1. The number of hydrogen-bond donors (Lipinski definition) is 1. The minimum Gasteiger partial charge on any atom is -0.322 e. The van der Waals surface area contributed by atoms with Gasteiger partial charge in [0.2, 0.25) is 0 Å². The largest absolute Gasteiger partial charge is 0.322 e. The van der Waals surface area contributed by atoms with Crippen molar-refractivity contribution in [3.05, 3.63) is 82.5 Å². The Kier molecular flexibility index (Phi) is 4.57. The number of anilines is 1. The number of fused-ring (bicyclic) bond motifs is 1. The van der Waals surface area contributed by atoms with E-state index in [1.165, 1.54) is 18.3 Å². The number of amides is 1. The van der Waals surface area contributed by atoms with Gasteiger partial charge in [-0.25, -0.2) is 13.9 Å². The molecule has 0 bridgehead atoms. The Balaban J connectivity index is 1.75. The molecule has 2 aromatic heterocycles. The number of nitrogens with one attached hydrogen (secondary N) is 1. The van der Waals surface area contributed by atoms with E-state index in [1.807, 2.05) is 13.8 Å². The average molecular weight is 395 g/mol. The van der Waals surface area contributed by atoms with E-state index < -0.39 is 0 Å². The van der Waals surface area contributed by atoms with Crippen LogP contribution in [0.25, 0.3) is 16.8 Å². The molecule has 0 saturated heterocycles. The monoisotopic (exact) mass is 394 g/mol. The molecule has 0 aliphatic heterocycles. The molecule has 140 valence electrons. The SMILES string of the molecule is Cc1nn2c(C)c(C(=O)Nc3cccc(Cl)c3)cnc2c1-c1ccc(F)cc1. The van der Waals surface area contributed by atoms with Gasteiger partial charge in [0.25, 0.3) is 5.91 Å². The van der Waals surface area contributed by atoms with Gasteiger partial charge in [0.05, 0.1) is 17.0 Å². The number of nitrogens with zero attached hydrogens (tertiary/aromatic N) is 3. The third-order valence-electron chi connectivity index (χ3n) is 4.52. The van der Waals surface area contributed by atoms with Crippen molar-refractivity contribution in [1.82, 2.24) is 14.6 Å². The van der Waals surface area contributed by atoms with Crippen LogP contribution in [0, 0.1) is 19.7 Å². The zero-order chi connectivity index (χ0) is 19.8. The molecule has 0 aliphatic rings. The molecule has 28 heavy (non-hydrogen) atoms. The van der Waals surface area contributed by atoms with Crippen molar-refractivity contribution in [3.8, 4) is 11.1 Å². The first-order chi connectivity index (χ1) is 13.4. The van der Waals surface area contributed by atoms with Gasteiger partial charge in [0.15, 0.2) is 5.65 Å². The van der Waals surface area contributed by atoms with E-state index in [9.17, 15) is 9.18 Å². The van der Waals surface area contributed by atoms with E-state index in [0.29, 0.717) is 27.6 Å². The zero-order valence-corrected chi connectivity index (χ0v) is 16.0. The van der Waals surface area contributed by atoms with Crippen LogP contribution in [0.4, 0.5) is 10.1 Å². The van der Waals surface area contributed by atoms with Crippen LogP contribution < -0.4 is 5.32 Å². The molecule has 0 unspecified atom stereocenters. The van der Waals surface area contributed by atoms with Crippen molar-refractivity contribution in [1.29, 1.82) is 0 Å². The Bertz CT molecular complexity index is 1200. The Morgan fingerprint density at radius 1 is 1.14 bits per heavy atom. The molecular weight excluding hydrogens is 379 g/mol. The molecule has 0 spiro atoms. The van der Waals surface area contributed by atoms with E-state index in [0.717, 1.165) is 16.8 Å². The van der Waals surface area contributed by atoms with Gasteiger partial charge in [-0.1, -0.05) is 29.8 Å². The summed E-state index contributed by atoms with van der Waals surface area (Å²) in [4.78, 5) is 17.2. The van der Waals surface area contributed by atoms with Crippen molar-refractivity contribution >= 4 is 28.8 Å². The molecule has 0 fully saturated rings. The van der Waals surface area contributed by atoms with Gasteiger partial charge in [-0.3, -0.25) is 4.79 Å². The van der Waals surface area contributed by atoms with E-state index >= 15 is 0 Å². The van der Waals surface area contributed by atoms with Crippen molar-refractivity contribution in [3.63, 3.8) is 0 Å². The topological polar surface area (TPSA) is 59.3 Å². The first-order valence-corrected chi connectivity index (χ1v) is 8.99. The molecule has 2 aromatic carbocycles. The van der Waals surface area contributed by atoms with Gasteiger partial charge < -0.3 is 5.32 Å². The van der Waals surface area contributed by atoms with Crippen LogP contribution in [0.1, 0.15) is 21.7 Å². The average Bonchev–Trinajstić information content (AvgIpc) is 3.00. The Hall–Kier alpha value is -3.25. The number of rotatable bonds is 3. The predicted octanol–water partition coefficient (Wildman–Crippen LogP) is 5.06. The fourth-order valence-corrected chi connectivity index (χ4v) is 3.33. The number of benzene rings is 2. The highest BCUT2D eigenvalue weighted by Crippen LogP contribution is 2.28. The minimum atomic E-state index is -0.304. The molecule has 0 atom stereocenters. The Morgan fingerprint density at radius 3 is 2.61 bits per heavy atom. The third-order valence-corrected chi connectivity index (χ3v) is 4.75. The fraction of sp³-hybridized carbons (Fsp3) is 0.0952. The molecule has 0 saturated carbocycles. The number of aromatic nitrogens is 3. The van der Waals surface area contributed by atoms with Gasteiger partial charge in [-0.15, -0.1) is 0 Å². The molecule has 5 nitrogen and oxygen atoms in total. The van der Waals surface area contributed by atoms with Gasteiger partial charge >= 0.3 is 0 Å². The number of hydrogen-bond acceptors (Lipinski definition) is 3. The van der Waals surface area contributed by atoms with E-state index in [-0.39, 0.29) is 11.7 Å². The normalized spacial score (nSPS) is 11.0. The molecule has 0 aliphatic carbocycles. The number of carbonyl (C=O) groups is 1. The lowest BCUT2D eigenvalue weighted by Crippen LogP contribution is -2.16. The van der Waals surface area contributed by atoms with E-state index in [1.54, 1.807) is 40.9 Å². The highest BCUT2D eigenvalue weighted by atomic mass is 35.5.